The van der Waals surface area contributed by atoms with E-state index in [-0.39, 0.29) is 5.91 Å². The summed E-state index contributed by atoms with van der Waals surface area (Å²) in [6, 6.07) is 7.94. The number of nitrogens with zero attached hydrogens (tertiary/aromatic N) is 4. The number of carbonyl (C=O) groups excluding carboxylic acids is 1. The Bertz CT molecular complexity index is 658. The monoisotopic (exact) mass is 337 g/mol. The topological polar surface area (TPSA) is 72.7 Å². The van der Waals surface area contributed by atoms with Gasteiger partial charge >= 0.3 is 0 Å². The Hall–Kier alpha value is -1.60. The lowest BCUT2D eigenvalue weighted by molar-refractivity contribution is -0.120. The van der Waals surface area contributed by atoms with Crippen molar-refractivity contribution in [2.45, 2.75) is 37.0 Å². The van der Waals surface area contributed by atoms with Gasteiger partial charge in [-0.15, -0.1) is 5.10 Å². The maximum absolute atomic E-state index is 11.9. The van der Waals surface area contributed by atoms with Crippen LogP contribution in [-0.4, -0.2) is 31.9 Å². The highest BCUT2D eigenvalue weighted by molar-refractivity contribution is 7.99. The first-order valence-corrected chi connectivity index (χ1v) is 8.51. The second-order valence-electron chi connectivity index (χ2n) is 5.10. The Morgan fingerprint density at radius 1 is 1.41 bits per heavy atom. The second-order valence-corrected chi connectivity index (χ2v) is 6.57. The molecule has 0 spiro atoms. The predicted molar refractivity (Wildman–Crippen MR) is 84.7 cm³/mol. The van der Waals surface area contributed by atoms with Crippen molar-refractivity contribution in [1.82, 2.24) is 25.5 Å². The number of halogens is 1. The first kappa shape index (κ1) is 15.3. The molecule has 3 rings (SSSR count). The molecule has 0 radical (unpaired) electrons. The van der Waals surface area contributed by atoms with Gasteiger partial charge in [-0.3, -0.25) is 4.79 Å². The van der Waals surface area contributed by atoms with Crippen molar-refractivity contribution in [1.29, 1.82) is 0 Å². The molecule has 1 aliphatic carbocycles. The van der Waals surface area contributed by atoms with Crippen LogP contribution in [0, 0.1) is 0 Å². The first-order valence-electron chi connectivity index (χ1n) is 7.15. The molecule has 22 heavy (non-hydrogen) atoms. The number of thioether (sulfide) groups is 1. The molecule has 1 aromatic heterocycles. The van der Waals surface area contributed by atoms with Crippen LogP contribution in [0.25, 0.3) is 0 Å². The maximum Gasteiger partial charge on any atom is 0.221 e. The molecule has 1 aliphatic rings. The van der Waals surface area contributed by atoms with Crippen molar-refractivity contribution in [2.75, 3.05) is 5.75 Å². The molecule has 1 aromatic carbocycles. The van der Waals surface area contributed by atoms with E-state index in [0.29, 0.717) is 29.8 Å². The number of nitrogens with one attached hydrogen (secondary N) is 1. The normalized spacial score (nSPS) is 14.0. The Morgan fingerprint density at radius 3 is 3.00 bits per heavy atom. The highest BCUT2D eigenvalue weighted by Crippen LogP contribution is 2.36. The van der Waals surface area contributed by atoms with Crippen LogP contribution in [0.2, 0.25) is 5.02 Å². The SMILES string of the molecule is O=C(CCSc1nnnn1C1CC1)NCc1ccccc1Cl. The van der Waals surface area contributed by atoms with Crippen LogP contribution in [0.5, 0.6) is 0 Å². The van der Waals surface area contributed by atoms with E-state index in [9.17, 15) is 4.79 Å². The molecule has 1 saturated carbocycles. The molecule has 8 heteroatoms. The van der Waals surface area contributed by atoms with Gasteiger partial charge < -0.3 is 5.32 Å². The van der Waals surface area contributed by atoms with Crippen LogP contribution in [0.15, 0.2) is 29.4 Å². The molecule has 6 nitrogen and oxygen atoms in total. The number of rotatable bonds is 7. The Labute approximate surface area is 137 Å². The van der Waals surface area contributed by atoms with E-state index in [1.54, 1.807) is 0 Å². The number of hydrogen-bond donors (Lipinski definition) is 1. The molecule has 1 fully saturated rings. The molecule has 1 amide bonds. The van der Waals surface area contributed by atoms with Crippen LogP contribution in [0.1, 0.15) is 30.9 Å². The summed E-state index contributed by atoms with van der Waals surface area (Å²) < 4.78 is 1.85. The van der Waals surface area contributed by atoms with E-state index < -0.39 is 0 Å². The highest BCUT2D eigenvalue weighted by Gasteiger charge is 2.27. The molecule has 2 aromatic rings. The summed E-state index contributed by atoms with van der Waals surface area (Å²) in [5.41, 5.74) is 0.919. The van der Waals surface area contributed by atoms with Gasteiger partial charge in [-0.1, -0.05) is 41.6 Å². The molecule has 0 aliphatic heterocycles. The average Bonchev–Trinajstić information content (AvgIpc) is 3.26. The highest BCUT2D eigenvalue weighted by atomic mass is 35.5. The number of tetrazole rings is 1. The molecular weight excluding hydrogens is 322 g/mol. The lowest BCUT2D eigenvalue weighted by Gasteiger charge is -2.06. The van der Waals surface area contributed by atoms with Crippen molar-refractivity contribution in [3.63, 3.8) is 0 Å². The molecule has 0 atom stereocenters. The van der Waals surface area contributed by atoms with E-state index in [1.165, 1.54) is 11.8 Å². The summed E-state index contributed by atoms with van der Waals surface area (Å²) in [6.45, 7) is 0.447. The predicted octanol–water partition coefficient (Wildman–Crippen LogP) is 2.46. The summed E-state index contributed by atoms with van der Waals surface area (Å²) in [4.78, 5) is 11.9. The Morgan fingerprint density at radius 2 is 2.23 bits per heavy atom. The van der Waals surface area contributed by atoms with Gasteiger partial charge in [-0.2, -0.15) is 0 Å². The van der Waals surface area contributed by atoms with Gasteiger partial charge in [0.1, 0.15) is 0 Å². The number of carbonyl (C=O) groups is 1. The quantitative estimate of drug-likeness (QED) is 0.786. The van der Waals surface area contributed by atoms with Gasteiger partial charge in [0.15, 0.2) is 0 Å². The first-order chi connectivity index (χ1) is 10.7. The molecule has 0 saturated heterocycles. The largest absolute Gasteiger partial charge is 0.352 e. The minimum absolute atomic E-state index is 0.00198. The summed E-state index contributed by atoms with van der Waals surface area (Å²) in [6.07, 6.45) is 2.69. The minimum Gasteiger partial charge on any atom is -0.352 e. The van der Waals surface area contributed by atoms with Gasteiger partial charge in [-0.05, 0) is 34.9 Å². The van der Waals surface area contributed by atoms with E-state index in [1.807, 2.05) is 28.9 Å². The van der Waals surface area contributed by atoms with Crippen LogP contribution >= 0.6 is 23.4 Å². The van der Waals surface area contributed by atoms with Crippen molar-refractivity contribution in [3.8, 4) is 0 Å². The third-order valence-corrected chi connectivity index (χ3v) is 4.65. The summed E-state index contributed by atoms with van der Waals surface area (Å²) >= 11 is 7.57. The fourth-order valence-electron chi connectivity index (χ4n) is 1.99. The zero-order valence-corrected chi connectivity index (χ0v) is 13.5. The van der Waals surface area contributed by atoms with Gasteiger partial charge in [0, 0.05) is 23.7 Å². The van der Waals surface area contributed by atoms with Crippen LogP contribution < -0.4 is 5.32 Å². The van der Waals surface area contributed by atoms with E-state index in [2.05, 4.69) is 20.8 Å². The smallest absolute Gasteiger partial charge is 0.221 e. The van der Waals surface area contributed by atoms with E-state index in [4.69, 9.17) is 11.6 Å². The molecule has 1 heterocycles. The summed E-state index contributed by atoms with van der Waals surface area (Å²) in [7, 11) is 0. The summed E-state index contributed by atoms with van der Waals surface area (Å²) in [5.74, 6) is 0.652. The van der Waals surface area contributed by atoms with Gasteiger partial charge in [0.2, 0.25) is 11.1 Å². The Kier molecular flexibility index (Phi) is 4.94. The molecule has 116 valence electrons. The molecule has 0 unspecified atom stereocenters. The Balaban J connectivity index is 1.41. The standard InChI is InChI=1S/C14H16ClN5OS/c15-12-4-2-1-3-10(12)9-16-13(21)7-8-22-14-17-18-19-20(14)11-5-6-11/h1-4,11H,5-9H2,(H,16,21). The summed E-state index contributed by atoms with van der Waals surface area (Å²) in [5, 5.41) is 16.0. The lowest BCUT2D eigenvalue weighted by atomic mass is 10.2. The number of aromatic nitrogens is 4. The van der Waals surface area contributed by atoms with Crippen molar-refractivity contribution < 1.29 is 4.79 Å². The number of amides is 1. The van der Waals surface area contributed by atoms with Crippen LogP contribution in [-0.2, 0) is 11.3 Å². The third-order valence-electron chi connectivity index (χ3n) is 3.35. The van der Waals surface area contributed by atoms with Crippen molar-refractivity contribution in [2.24, 2.45) is 0 Å². The van der Waals surface area contributed by atoms with E-state index >= 15 is 0 Å². The van der Waals surface area contributed by atoms with Gasteiger partial charge in [-0.25, -0.2) is 4.68 Å². The minimum atomic E-state index is -0.00198. The van der Waals surface area contributed by atoms with Crippen LogP contribution in [0.4, 0.5) is 0 Å². The third kappa shape index (κ3) is 3.98. The fraction of sp³-hybridized carbons (Fsp3) is 0.429. The molecular formula is C14H16ClN5OS. The number of benzene rings is 1. The van der Waals surface area contributed by atoms with Crippen LogP contribution in [0.3, 0.4) is 0 Å². The second kappa shape index (κ2) is 7.11. The molecule has 0 bridgehead atoms. The zero-order chi connectivity index (χ0) is 15.4. The number of hydrogen-bond acceptors (Lipinski definition) is 5. The average molecular weight is 338 g/mol. The molecule has 1 N–H and O–H groups in total. The zero-order valence-electron chi connectivity index (χ0n) is 11.9. The van der Waals surface area contributed by atoms with Crippen molar-refractivity contribution >= 4 is 29.3 Å². The lowest BCUT2D eigenvalue weighted by Crippen LogP contribution is -2.23. The van der Waals surface area contributed by atoms with Gasteiger partial charge in [0.25, 0.3) is 0 Å². The maximum atomic E-state index is 11.9. The van der Waals surface area contributed by atoms with Crippen molar-refractivity contribution in [3.05, 3.63) is 34.9 Å². The van der Waals surface area contributed by atoms with E-state index in [0.717, 1.165) is 23.6 Å². The fourth-order valence-corrected chi connectivity index (χ4v) is 3.07. The van der Waals surface area contributed by atoms with Gasteiger partial charge in [0.05, 0.1) is 6.04 Å².